The lowest BCUT2D eigenvalue weighted by Gasteiger charge is -2.14. The minimum atomic E-state index is -2.44. The highest BCUT2D eigenvalue weighted by atomic mass is 35.5. The van der Waals surface area contributed by atoms with Crippen LogP contribution in [-0.4, -0.2) is 24.6 Å². The molecule has 8 heteroatoms. The number of halogens is 4. The fraction of sp³-hybridized carbons (Fsp3) is 0.417. The Hall–Kier alpha value is -0.560. The molecule has 20 heavy (non-hydrogen) atoms. The molecule has 0 radical (unpaired) electrons. The average Bonchev–Trinajstić information content (AvgIpc) is 2.36. The Balaban J connectivity index is 0.00000361. The zero-order valence-corrected chi connectivity index (χ0v) is 13.1. The number of anilines is 1. The van der Waals surface area contributed by atoms with Gasteiger partial charge >= 0.3 is 0 Å². The number of amides is 1. The van der Waals surface area contributed by atoms with Crippen LogP contribution in [0.2, 0.25) is 5.02 Å². The number of carbonyl (C=O) groups excluding carboxylic acids is 1. The molecule has 0 saturated heterocycles. The summed E-state index contributed by atoms with van der Waals surface area (Å²) in [5.41, 5.74) is 5.84. The van der Waals surface area contributed by atoms with Gasteiger partial charge in [0.1, 0.15) is 0 Å². The molecule has 0 bridgehead atoms. The Labute approximate surface area is 132 Å². The summed E-state index contributed by atoms with van der Waals surface area (Å²) in [6, 6.07) is 4.87. The molecular formula is C12H16Cl2F2N2OS. The second-order valence-corrected chi connectivity index (χ2v) is 5.38. The number of thioether (sulfide) groups is 1. The van der Waals surface area contributed by atoms with Crippen molar-refractivity contribution in [2.45, 2.75) is 18.2 Å². The SMILES string of the molecule is CC(CN)C(=O)Nc1cccc(Cl)c1SCC(F)F.Cl. The molecule has 114 valence electrons. The predicted molar refractivity (Wildman–Crippen MR) is 82.3 cm³/mol. The van der Waals surface area contributed by atoms with E-state index in [2.05, 4.69) is 5.32 Å². The largest absolute Gasteiger partial charge is 0.330 e. The van der Waals surface area contributed by atoms with E-state index in [9.17, 15) is 13.6 Å². The molecule has 0 aromatic heterocycles. The number of carbonyl (C=O) groups is 1. The van der Waals surface area contributed by atoms with Crippen molar-refractivity contribution < 1.29 is 13.6 Å². The summed E-state index contributed by atoms with van der Waals surface area (Å²) in [7, 11) is 0. The predicted octanol–water partition coefficient (Wildman–Crippen LogP) is 3.65. The van der Waals surface area contributed by atoms with Crippen LogP contribution >= 0.6 is 35.8 Å². The minimum Gasteiger partial charge on any atom is -0.330 e. The van der Waals surface area contributed by atoms with Crippen LogP contribution in [0.25, 0.3) is 0 Å². The summed E-state index contributed by atoms with van der Waals surface area (Å²) in [5.74, 6) is -0.991. The van der Waals surface area contributed by atoms with Gasteiger partial charge in [-0.3, -0.25) is 4.79 Å². The van der Waals surface area contributed by atoms with Gasteiger partial charge in [0, 0.05) is 17.4 Å². The molecule has 1 atom stereocenters. The van der Waals surface area contributed by atoms with Gasteiger partial charge in [-0.15, -0.1) is 24.2 Å². The lowest BCUT2D eigenvalue weighted by Crippen LogP contribution is -2.26. The van der Waals surface area contributed by atoms with Crippen molar-refractivity contribution in [3.63, 3.8) is 0 Å². The normalized spacial score (nSPS) is 11.9. The van der Waals surface area contributed by atoms with Crippen molar-refractivity contribution in [2.75, 3.05) is 17.6 Å². The number of rotatable bonds is 6. The zero-order chi connectivity index (χ0) is 14.4. The van der Waals surface area contributed by atoms with Crippen LogP contribution in [0.5, 0.6) is 0 Å². The summed E-state index contributed by atoms with van der Waals surface area (Å²) in [6.45, 7) is 1.90. The van der Waals surface area contributed by atoms with Gasteiger partial charge in [0.25, 0.3) is 0 Å². The minimum absolute atomic E-state index is 0. The van der Waals surface area contributed by atoms with Gasteiger partial charge in [-0.2, -0.15) is 0 Å². The van der Waals surface area contributed by atoms with Gasteiger partial charge in [0.2, 0.25) is 12.3 Å². The van der Waals surface area contributed by atoms with Crippen LogP contribution in [0.4, 0.5) is 14.5 Å². The first-order chi connectivity index (χ1) is 8.95. The lowest BCUT2D eigenvalue weighted by atomic mass is 10.1. The van der Waals surface area contributed by atoms with Gasteiger partial charge in [0.15, 0.2) is 0 Å². The summed E-state index contributed by atoms with van der Waals surface area (Å²) in [6.07, 6.45) is -2.44. The van der Waals surface area contributed by atoms with Gasteiger partial charge in [-0.25, -0.2) is 8.78 Å². The van der Waals surface area contributed by atoms with Gasteiger partial charge in [0.05, 0.1) is 16.5 Å². The molecule has 1 rings (SSSR count). The molecule has 3 N–H and O–H groups in total. The molecular weight excluding hydrogens is 329 g/mol. The van der Waals surface area contributed by atoms with Crippen molar-refractivity contribution in [3.8, 4) is 0 Å². The summed E-state index contributed by atoms with van der Waals surface area (Å²) >= 11 is 6.88. The second-order valence-electron chi connectivity index (χ2n) is 3.94. The van der Waals surface area contributed by atoms with Gasteiger partial charge in [-0.1, -0.05) is 24.6 Å². The molecule has 3 nitrogen and oxygen atoms in total. The quantitative estimate of drug-likeness (QED) is 0.774. The van der Waals surface area contributed by atoms with E-state index in [1.807, 2.05) is 0 Å². The van der Waals surface area contributed by atoms with E-state index in [-0.39, 0.29) is 36.5 Å². The van der Waals surface area contributed by atoms with Crippen LogP contribution < -0.4 is 11.1 Å². The molecule has 0 aliphatic carbocycles. The summed E-state index contributed by atoms with van der Waals surface area (Å²) in [4.78, 5) is 12.2. The van der Waals surface area contributed by atoms with Crippen LogP contribution in [-0.2, 0) is 4.79 Å². The third-order valence-corrected chi connectivity index (χ3v) is 3.95. The highest BCUT2D eigenvalue weighted by Crippen LogP contribution is 2.35. The molecule has 1 amide bonds. The van der Waals surface area contributed by atoms with Gasteiger partial charge in [-0.05, 0) is 12.1 Å². The van der Waals surface area contributed by atoms with E-state index in [0.717, 1.165) is 11.8 Å². The molecule has 0 fully saturated rings. The van der Waals surface area contributed by atoms with E-state index in [1.54, 1.807) is 25.1 Å². The first-order valence-corrected chi connectivity index (χ1v) is 7.02. The third-order valence-electron chi connectivity index (χ3n) is 2.38. The first kappa shape index (κ1) is 19.4. The fourth-order valence-electron chi connectivity index (χ4n) is 1.26. The molecule has 0 aliphatic heterocycles. The molecule has 0 aliphatic rings. The zero-order valence-electron chi connectivity index (χ0n) is 10.7. The number of benzene rings is 1. The lowest BCUT2D eigenvalue weighted by molar-refractivity contribution is -0.119. The van der Waals surface area contributed by atoms with Crippen LogP contribution in [0, 0.1) is 5.92 Å². The number of alkyl halides is 2. The number of hydrogen-bond donors (Lipinski definition) is 2. The maximum absolute atomic E-state index is 12.3. The maximum atomic E-state index is 12.3. The second kappa shape index (κ2) is 9.39. The number of nitrogens with one attached hydrogen (secondary N) is 1. The topological polar surface area (TPSA) is 55.1 Å². The van der Waals surface area contributed by atoms with Crippen molar-refractivity contribution in [1.82, 2.24) is 0 Å². The van der Waals surface area contributed by atoms with Crippen LogP contribution in [0.1, 0.15) is 6.92 Å². The molecule has 0 heterocycles. The van der Waals surface area contributed by atoms with E-state index in [4.69, 9.17) is 17.3 Å². The third kappa shape index (κ3) is 5.83. The van der Waals surface area contributed by atoms with Crippen LogP contribution in [0.3, 0.4) is 0 Å². The summed E-state index contributed by atoms with van der Waals surface area (Å²) in [5, 5.41) is 2.99. The molecule has 1 aromatic carbocycles. The Bertz CT molecular complexity index is 449. The Kier molecular flexibility index (Phi) is 9.13. The Morgan fingerprint density at radius 1 is 1.50 bits per heavy atom. The van der Waals surface area contributed by atoms with Crippen molar-refractivity contribution in [2.24, 2.45) is 11.7 Å². The maximum Gasteiger partial charge on any atom is 0.247 e. The van der Waals surface area contributed by atoms with Gasteiger partial charge < -0.3 is 11.1 Å². The summed E-state index contributed by atoms with van der Waals surface area (Å²) < 4.78 is 24.5. The van der Waals surface area contributed by atoms with Crippen molar-refractivity contribution in [3.05, 3.63) is 23.2 Å². The highest BCUT2D eigenvalue weighted by molar-refractivity contribution is 7.99. The van der Waals surface area contributed by atoms with Crippen molar-refractivity contribution >= 4 is 47.4 Å². The Morgan fingerprint density at radius 3 is 2.70 bits per heavy atom. The first-order valence-electron chi connectivity index (χ1n) is 5.66. The molecule has 0 saturated carbocycles. The van der Waals surface area contributed by atoms with Crippen LogP contribution in [0.15, 0.2) is 23.1 Å². The number of nitrogens with two attached hydrogens (primary N) is 1. The van der Waals surface area contributed by atoms with E-state index in [0.29, 0.717) is 15.6 Å². The standard InChI is InChI=1S/C12H15ClF2N2OS.ClH/c1-7(5-16)12(18)17-9-4-2-3-8(13)11(9)19-6-10(14)15;/h2-4,7,10H,5-6,16H2,1H3,(H,17,18);1H. The highest BCUT2D eigenvalue weighted by Gasteiger charge is 2.16. The van der Waals surface area contributed by atoms with Crippen molar-refractivity contribution in [1.29, 1.82) is 0 Å². The average molecular weight is 345 g/mol. The monoisotopic (exact) mass is 344 g/mol. The molecule has 1 aromatic rings. The fourth-order valence-corrected chi connectivity index (χ4v) is 2.37. The Morgan fingerprint density at radius 2 is 2.15 bits per heavy atom. The smallest absolute Gasteiger partial charge is 0.247 e. The van der Waals surface area contributed by atoms with E-state index < -0.39 is 6.43 Å². The molecule has 1 unspecified atom stereocenters. The number of hydrogen-bond acceptors (Lipinski definition) is 3. The van der Waals surface area contributed by atoms with E-state index in [1.165, 1.54) is 0 Å². The molecule has 0 spiro atoms. The van der Waals surface area contributed by atoms with E-state index >= 15 is 0 Å².